The van der Waals surface area contributed by atoms with Gasteiger partial charge in [0.05, 0.1) is 6.61 Å². The molecule has 1 aliphatic rings. The monoisotopic (exact) mass is 269 g/mol. The molecule has 1 aromatic rings. The zero-order valence-electron chi connectivity index (χ0n) is 8.96. The second kappa shape index (κ2) is 4.54. The molecule has 0 spiro atoms. The molecule has 0 radical (unpaired) electrons. The predicted octanol–water partition coefficient (Wildman–Crippen LogP) is 2.71. The maximum absolute atomic E-state index is 9.38. The molecular formula is C12H16BrNO. The summed E-state index contributed by atoms with van der Waals surface area (Å²) in [6.45, 7) is 4.41. The van der Waals surface area contributed by atoms with Crippen LogP contribution in [0.4, 0.5) is 5.69 Å². The maximum Gasteiger partial charge on any atom is 0.0702 e. The van der Waals surface area contributed by atoms with Crippen LogP contribution in [0.3, 0.4) is 0 Å². The van der Waals surface area contributed by atoms with E-state index in [0.717, 1.165) is 29.5 Å². The highest BCUT2D eigenvalue weighted by molar-refractivity contribution is 9.10. The van der Waals surface area contributed by atoms with Gasteiger partial charge in [-0.1, -0.05) is 15.9 Å². The Balaban J connectivity index is 2.52. The van der Waals surface area contributed by atoms with Gasteiger partial charge in [-0.05, 0) is 37.5 Å². The van der Waals surface area contributed by atoms with Gasteiger partial charge in [0.2, 0.25) is 0 Å². The standard InChI is InChI=1S/C12H16BrNO/c1-2-14-5-3-4-9-6-11(13)7-10(8-15)12(9)14/h6-7,15H,2-5,8H2,1H3. The van der Waals surface area contributed by atoms with Gasteiger partial charge in [0.25, 0.3) is 0 Å². The first-order valence-corrected chi connectivity index (χ1v) is 6.22. The van der Waals surface area contributed by atoms with E-state index in [-0.39, 0.29) is 6.61 Å². The molecule has 82 valence electrons. The van der Waals surface area contributed by atoms with E-state index in [2.05, 4.69) is 33.8 Å². The Bertz CT molecular complexity index is 348. The third kappa shape index (κ3) is 2.04. The van der Waals surface area contributed by atoms with E-state index >= 15 is 0 Å². The van der Waals surface area contributed by atoms with Crippen LogP contribution in [0.15, 0.2) is 16.6 Å². The Hall–Kier alpha value is -0.540. The predicted molar refractivity (Wildman–Crippen MR) is 66.3 cm³/mol. The summed E-state index contributed by atoms with van der Waals surface area (Å²) in [5.41, 5.74) is 3.66. The van der Waals surface area contributed by atoms with Crippen LogP contribution in [0, 0.1) is 0 Å². The average molecular weight is 270 g/mol. The van der Waals surface area contributed by atoms with Crippen molar-refractivity contribution in [2.24, 2.45) is 0 Å². The smallest absolute Gasteiger partial charge is 0.0702 e. The normalized spacial score (nSPS) is 15.3. The van der Waals surface area contributed by atoms with Gasteiger partial charge in [0, 0.05) is 28.8 Å². The molecule has 1 heterocycles. The minimum absolute atomic E-state index is 0.123. The lowest BCUT2D eigenvalue weighted by molar-refractivity contribution is 0.281. The molecule has 1 aliphatic heterocycles. The molecule has 0 atom stereocenters. The number of nitrogens with zero attached hydrogens (tertiary/aromatic N) is 1. The zero-order valence-corrected chi connectivity index (χ0v) is 10.5. The Morgan fingerprint density at radius 3 is 2.93 bits per heavy atom. The van der Waals surface area contributed by atoms with Gasteiger partial charge in [-0.3, -0.25) is 0 Å². The highest BCUT2D eigenvalue weighted by Gasteiger charge is 2.19. The van der Waals surface area contributed by atoms with Gasteiger partial charge in [-0.25, -0.2) is 0 Å². The molecule has 0 saturated carbocycles. The highest BCUT2D eigenvalue weighted by atomic mass is 79.9. The summed E-state index contributed by atoms with van der Waals surface area (Å²) in [4.78, 5) is 2.36. The van der Waals surface area contributed by atoms with Gasteiger partial charge in [0.15, 0.2) is 0 Å². The van der Waals surface area contributed by atoms with Crippen molar-refractivity contribution < 1.29 is 5.11 Å². The number of hydrogen-bond donors (Lipinski definition) is 1. The summed E-state index contributed by atoms with van der Waals surface area (Å²) in [6.07, 6.45) is 2.33. The van der Waals surface area contributed by atoms with Crippen molar-refractivity contribution in [3.63, 3.8) is 0 Å². The number of benzene rings is 1. The molecular weight excluding hydrogens is 254 g/mol. The summed E-state index contributed by atoms with van der Waals surface area (Å²) in [6, 6.07) is 4.20. The summed E-state index contributed by atoms with van der Waals surface area (Å²) in [5.74, 6) is 0. The van der Waals surface area contributed by atoms with Crippen molar-refractivity contribution in [1.29, 1.82) is 0 Å². The van der Waals surface area contributed by atoms with Crippen LogP contribution in [0.1, 0.15) is 24.5 Å². The lowest BCUT2D eigenvalue weighted by Crippen LogP contribution is -2.30. The van der Waals surface area contributed by atoms with Crippen molar-refractivity contribution in [1.82, 2.24) is 0 Å². The minimum atomic E-state index is 0.123. The number of aliphatic hydroxyl groups is 1. The van der Waals surface area contributed by atoms with E-state index in [9.17, 15) is 5.11 Å². The maximum atomic E-state index is 9.38. The summed E-state index contributed by atoms with van der Waals surface area (Å²) < 4.78 is 1.07. The van der Waals surface area contributed by atoms with E-state index < -0.39 is 0 Å². The topological polar surface area (TPSA) is 23.5 Å². The fourth-order valence-electron chi connectivity index (χ4n) is 2.32. The molecule has 1 aromatic carbocycles. The molecule has 2 rings (SSSR count). The Morgan fingerprint density at radius 1 is 1.47 bits per heavy atom. The molecule has 2 nitrogen and oxygen atoms in total. The number of anilines is 1. The lowest BCUT2D eigenvalue weighted by Gasteiger charge is -2.32. The second-order valence-corrected chi connectivity index (χ2v) is 4.83. The fourth-order valence-corrected chi connectivity index (χ4v) is 2.88. The van der Waals surface area contributed by atoms with Crippen molar-refractivity contribution in [2.75, 3.05) is 18.0 Å². The van der Waals surface area contributed by atoms with Gasteiger partial charge in [-0.2, -0.15) is 0 Å². The number of aliphatic hydroxyl groups excluding tert-OH is 1. The molecule has 0 amide bonds. The number of hydrogen-bond acceptors (Lipinski definition) is 2. The Kier molecular flexibility index (Phi) is 3.32. The van der Waals surface area contributed by atoms with Gasteiger partial charge >= 0.3 is 0 Å². The highest BCUT2D eigenvalue weighted by Crippen LogP contribution is 2.33. The third-order valence-corrected chi connectivity index (χ3v) is 3.43. The largest absolute Gasteiger partial charge is 0.392 e. The number of halogens is 1. The third-order valence-electron chi connectivity index (χ3n) is 2.98. The molecule has 0 unspecified atom stereocenters. The van der Waals surface area contributed by atoms with Crippen molar-refractivity contribution in [3.8, 4) is 0 Å². The number of aryl methyl sites for hydroxylation is 1. The van der Waals surface area contributed by atoms with Crippen LogP contribution in [0.25, 0.3) is 0 Å². The van der Waals surface area contributed by atoms with E-state index in [4.69, 9.17) is 0 Å². The first-order chi connectivity index (χ1) is 7.26. The summed E-state index contributed by atoms with van der Waals surface area (Å²) >= 11 is 3.49. The summed E-state index contributed by atoms with van der Waals surface area (Å²) in [7, 11) is 0. The van der Waals surface area contributed by atoms with Crippen LogP contribution in [0.2, 0.25) is 0 Å². The molecule has 0 bridgehead atoms. The SMILES string of the molecule is CCN1CCCc2cc(Br)cc(CO)c21. The number of fused-ring (bicyclic) bond motifs is 1. The summed E-state index contributed by atoms with van der Waals surface area (Å²) in [5, 5.41) is 9.38. The Morgan fingerprint density at radius 2 is 2.27 bits per heavy atom. The van der Waals surface area contributed by atoms with Crippen LogP contribution in [0.5, 0.6) is 0 Å². The molecule has 0 aliphatic carbocycles. The fraction of sp³-hybridized carbons (Fsp3) is 0.500. The molecule has 15 heavy (non-hydrogen) atoms. The quantitative estimate of drug-likeness (QED) is 0.893. The zero-order chi connectivity index (χ0) is 10.8. The van der Waals surface area contributed by atoms with Crippen LogP contribution in [-0.4, -0.2) is 18.2 Å². The molecule has 1 N–H and O–H groups in total. The van der Waals surface area contributed by atoms with Crippen molar-refractivity contribution in [3.05, 3.63) is 27.7 Å². The van der Waals surface area contributed by atoms with Crippen LogP contribution in [-0.2, 0) is 13.0 Å². The van der Waals surface area contributed by atoms with Gasteiger partial charge in [-0.15, -0.1) is 0 Å². The molecule has 3 heteroatoms. The molecule has 0 fully saturated rings. The number of rotatable bonds is 2. The minimum Gasteiger partial charge on any atom is -0.392 e. The van der Waals surface area contributed by atoms with Crippen LogP contribution >= 0.6 is 15.9 Å². The van der Waals surface area contributed by atoms with Crippen molar-refractivity contribution in [2.45, 2.75) is 26.4 Å². The average Bonchev–Trinajstić information content (AvgIpc) is 2.26. The first-order valence-electron chi connectivity index (χ1n) is 5.43. The van der Waals surface area contributed by atoms with E-state index in [1.54, 1.807) is 0 Å². The second-order valence-electron chi connectivity index (χ2n) is 3.91. The first kappa shape index (κ1) is 11.0. The van der Waals surface area contributed by atoms with Crippen LogP contribution < -0.4 is 4.90 Å². The van der Waals surface area contributed by atoms with E-state index in [1.807, 2.05) is 6.07 Å². The lowest BCUT2D eigenvalue weighted by atomic mass is 9.98. The van der Waals surface area contributed by atoms with E-state index in [0.29, 0.717) is 0 Å². The Labute approximate surface area is 99.0 Å². The van der Waals surface area contributed by atoms with Gasteiger partial charge < -0.3 is 10.0 Å². The van der Waals surface area contributed by atoms with Gasteiger partial charge in [0.1, 0.15) is 0 Å². The van der Waals surface area contributed by atoms with E-state index in [1.165, 1.54) is 17.7 Å². The van der Waals surface area contributed by atoms with Crippen molar-refractivity contribution >= 4 is 21.6 Å². The molecule has 0 aromatic heterocycles. The molecule has 0 saturated heterocycles.